The highest BCUT2D eigenvalue weighted by Gasteiger charge is 2.06. The first kappa shape index (κ1) is 8.07. The fourth-order valence-corrected chi connectivity index (χ4v) is 1.11. The van der Waals surface area contributed by atoms with Gasteiger partial charge in [0.2, 0.25) is 0 Å². The van der Waals surface area contributed by atoms with E-state index in [4.69, 9.17) is 16.0 Å². The zero-order chi connectivity index (χ0) is 9.26. The highest BCUT2D eigenvalue weighted by molar-refractivity contribution is 6.28. The maximum Gasteiger partial charge on any atom is 0.194 e. The van der Waals surface area contributed by atoms with Crippen LogP contribution in [0.25, 0.3) is 11.6 Å². The largest absolute Gasteiger partial charge is 0.441 e. The van der Waals surface area contributed by atoms with Gasteiger partial charge in [0, 0.05) is 6.20 Å². The summed E-state index contributed by atoms with van der Waals surface area (Å²) in [6, 6.07) is 3.29. The molecule has 0 aliphatic heterocycles. The average Bonchev–Trinajstić information content (AvgIpc) is 2.71. The number of furan rings is 1. The molecule has 0 radical (unpaired) electrons. The van der Waals surface area contributed by atoms with Crippen molar-refractivity contribution in [2.45, 2.75) is 0 Å². The molecule has 13 heavy (non-hydrogen) atoms. The Balaban J connectivity index is 2.40. The third-order valence-electron chi connectivity index (χ3n) is 1.53. The Bertz CT molecular complexity index is 433. The van der Waals surface area contributed by atoms with E-state index in [9.17, 15) is 4.79 Å². The molecule has 2 heterocycles. The third-order valence-corrected chi connectivity index (χ3v) is 1.73. The molecule has 0 unspecified atom stereocenters. The lowest BCUT2D eigenvalue weighted by Gasteiger charge is -1.86. The van der Waals surface area contributed by atoms with Crippen LogP contribution in [-0.4, -0.2) is 16.3 Å². The summed E-state index contributed by atoms with van der Waals surface area (Å²) < 4.78 is 5.08. The molecule has 0 fully saturated rings. The van der Waals surface area contributed by atoms with E-state index in [1.807, 2.05) is 0 Å². The first-order chi connectivity index (χ1) is 6.29. The Morgan fingerprint density at radius 1 is 1.54 bits per heavy atom. The van der Waals surface area contributed by atoms with Gasteiger partial charge in [0.25, 0.3) is 0 Å². The minimum Gasteiger partial charge on any atom is -0.441 e. The van der Waals surface area contributed by atoms with Gasteiger partial charge in [0.05, 0.1) is 0 Å². The average molecular weight is 197 g/mol. The molecule has 2 aromatic heterocycles. The number of nitrogens with zero attached hydrogens (tertiary/aromatic N) is 1. The van der Waals surface area contributed by atoms with Crippen molar-refractivity contribution in [2.75, 3.05) is 0 Å². The molecule has 66 valence electrons. The lowest BCUT2D eigenvalue weighted by atomic mass is 10.4. The van der Waals surface area contributed by atoms with E-state index in [-0.39, 0.29) is 0 Å². The molecule has 1 N–H and O–H groups in total. The number of rotatable bonds is 2. The van der Waals surface area contributed by atoms with Gasteiger partial charge >= 0.3 is 0 Å². The maximum absolute atomic E-state index is 10.3. The molecule has 0 aromatic carbocycles. The number of H-pyrrole nitrogens is 1. The van der Waals surface area contributed by atoms with Gasteiger partial charge in [0.15, 0.2) is 23.1 Å². The molecule has 0 amide bonds. The van der Waals surface area contributed by atoms with Gasteiger partial charge in [-0.05, 0) is 23.7 Å². The van der Waals surface area contributed by atoms with E-state index in [1.165, 1.54) is 6.20 Å². The van der Waals surface area contributed by atoms with Crippen molar-refractivity contribution in [3.63, 3.8) is 0 Å². The normalized spacial score (nSPS) is 10.2. The smallest absolute Gasteiger partial charge is 0.194 e. The monoisotopic (exact) mass is 196 g/mol. The Kier molecular flexibility index (Phi) is 1.90. The number of halogens is 1. The molecule has 0 bridgehead atoms. The van der Waals surface area contributed by atoms with Crippen LogP contribution in [0, 0.1) is 0 Å². The number of nitrogens with one attached hydrogen (secondary N) is 1. The fraction of sp³-hybridized carbons (Fsp3) is 0. The predicted molar refractivity (Wildman–Crippen MR) is 46.7 cm³/mol. The van der Waals surface area contributed by atoms with Gasteiger partial charge in [-0.25, -0.2) is 4.98 Å². The highest BCUT2D eigenvalue weighted by atomic mass is 35.5. The fourth-order valence-electron chi connectivity index (χ4n) is 0.964. The zero-order valence-electron chi connectivity index (χ0n) is 6.45. The van der Waals surface area contributed by atoms with E-state index >= 15 is 0 Å². The summed E-state index contributed by atoms with van der Waals surface area (Å²) in [5.41, 5.74) is 0.336. The van der Waals surface area contributed by atoms with Gasteiger partial charge in [0.1, 0.15) is 5.69 Å². The van der Waals surface area contributed by atoms with Crippen LogP contribution in [0.15, 0.2) is 22.7 Å². The third kappa shape index (κ3) is 1.48. The number of aldehydes is 1. The van der Waals surface area contributed by atoms with Crippen LogP contribution in [-0.2, 0) is 0 Å². The number of carbonyl (C=O) groups excluding carboxylic acids is 1. The second-order valence-electron chi connectivity index (χ2n) is 2.40. The van der Waals surface area contributed by atoms with Crippen molar-refractivity contribution in [1.82, 2.24) is 9.97 Å². The summed E-state index contributed by atoms with van der Waals surface area (Å²) in [6.45, 7) is 0. The van der Waals surface area contributed by atoms with E-state index in [0.29, 0.717) is 28.8 Å². The Morgan fingerprint density at radius 3 is 2.92 bits per heavy atom. The second-order valence-corrected chi connectivity index (χ2v) is 2.77. The van der Waals surface area contributed by atoms with Crippen molar-refractivity contribution in [3.8, 4) is 11.6 Å². The van der Waals surface area contributed by atoms with E-state index < -0.39 is 0 Å². The molecule has 0 saturated carbocycles. The summed E-state index contributed by atoms with van der Waals surface area (Å²) in [6.07, 6.45) is 2.16. The molecular weight excluding hydrogens is 192 g/mol. The van der Waals surface area contributed by atoms with Crippen molar-refractivity contribution in [1.29, 1.82) is 0 Å². The summed E-state index contributed by atoms with van der Waals surface area (Å²) in [7, 11) is 0. The molecule has 4 nitrogen and oxygen atoms in total. The number of aromatic amines is 1. The summed E-state index contributed by atoms with van der Waals surface area (Å²) >= 11 is 5.57. The maximum atomic E-state index is 10.3. The molecule has 0 atom stereocenters. The Labute approximate surface area is 78.5 Å². The molecule has 2 aromatic rings. The number of carbonyl (C=O) groups is 1. The van der Waals surface area contributed by atoms with Crippen LogP contribution in [0.1, 0.15) is 10.5 Å². The van der Waals surface area contributed by atoms with Crippen LogP contribution in [0.3, 0.4) is 0 Å². The standard InChI is InChI=1S/C8H5ClN2O2/c9-7-2-1-6(13-7)8-10-3-5(4-12)11-8/h1-4H,(H,10,11). The second kappa shape index (κ2) is 3.06. The van der Waals surface area contributed by atoms with Gasteiger partial charge in [-0.3, -0.25) is 4.79 Å². The number of hydrogen-bond donors (Lipinski definition) is 1. The molecule has 0 aliphatic rings. The minimum absolute atomic E-state index is 0.291. The van der Waals surface area contributed by atoms with Crippen LogP contribution >= 0.6 is 11.6 Å². The van der Waals surface area contributed by atoms with Gasteiger partial charge in [-0.2, -0.15) is 0 Å². The molecule has 0 saturated heterocycles. The van der Waals surface area contributed by atoms with E-state index in [1.54, 1.807) is 12.1 Å². The van der Waals surface area contributed by atoms with Crippen molar-refractivity contribution >= 4 is 17.9 Å². The number of imidazole rings is 1. The van der Waals surface area contributed by atoms with Crippen LogP contribution in [0.2, 0.25) is 5.22 Å². The highest BCUT2D eigenvalue weighted by Crippen LogP contribution is 2.21. The predicted octanol–water partition coefficient (Wildman–Crippen LogP) is 2.14. The molecule has 2 rings (SSSR count). The van der Waals surface area contributed by atoms with E-state index in [0.717, 1.165) is 0 Å². The number of aromatic nitrogens is 2. The van der Waals surface area contributed by atoms with Crippen molar-refractivity contribution < 1.29 is 9.21 Å². The van der Waals surface area contributed by atoms with Crippen molar-refractivity contribution in [2.24, 2.45) is 0 Å². The van der Waals surface area contributed by atoms with Gasteiger partial charge < -0.3 is 9.40 Å². The van der Waals surface area contributed by atoms with Crippen molar-refractivity contribution in [3.05, 3.63) is 29.2 Å². The van der Waals surface area contributed by atoms with Gasteiger partial charge in [-0.15, -0.1) is 0 Å². The first-order valence-electron chi connectivity index (χ1n) is 3.56. The molecular formula is C8H5ClN2O2. The SMILES string of the molecule is O=Cc1c[nH]c(-c2ccc(Cl)o2)n1. The lowest BCUT2D eigenvalue weighted by molar-refractivity contribution is 0.111. The van der Waals surface area contributed by atoms with Crippen LogP contribution in [0.4, 0.5) is 0 Å². The van der Waals surface area contributed by atoms with Gasteiger partial charge in [-0.1, -0.05) is 0 Å². The number of hydrogen-bond acceptors (Lipinski definition) is 3. The van der Waals surface area contributed by atoms with E-state index in [2.05, 4.69) is 9.97 Å². The Hall–Kier alpha value is -1.55. The lowest BCUT2D eigenvalue weighted by Crippen LogP contribution is -1.78. The van der Waals surface area contributed by atoms with Crippen LogP contribution in [0.5, 0.6) is 0 Å². The molecule has 0 aliphatic carbocycles. The summed E-state index contributed by atoms with van der Waals surface area (Å²) in [5.74, 6) is 1.01. The Morgan fingerprint density at radius 2 is 2.38 bits per heavy atom. The van der Waals surface area contributed by atoms with Crippen LogP contribution < -0.4 is 0 Å². The quantitative estimate of drug-likeness (QED) is 0.749. The topological polar surface area (TPSA) is 58.9 Å². The first-order valence-corrected chi connectivity index (χ1v) is 3.93. The molecule has 0 spiro atoms. The minimum atomic E-state index is 0.291. The molecule has 5 heteroatoms. The zero-order valence-corrected chi connectivity index (χ0v) is 7.21. The summed E-state index contributed by atoms with van der Waals surface area (Å²) in [4.78, 5) is 17.0. The summed E-state index contributed by atoms with van der Waals surface area (Å²) in [5, 5.41) is 0.291.